The number of anilines is 2. The highest BCUT2D eigenvalue weighted by atomic mass is 35.5. The molecule has 1 aliphatic rings. The van der Waals surface area contributed by atoms with Crippen molar-refractivity contribution in [1.82, 2.24) is 15.0 Å². The van der Waals surface area contributed by atoms with Gasteiger partial charge in [0.25, 0.3) is 0 Å². The number of halogens is 1. The van der Waals surface area contributed by atoms with Gasteiger partial charge in [0.15, 0.2) is 0 Å². The van der Waals surface area contributed by atoms with E-state index in [-0.39, 0.29) is 11.2 Å². The number of ether oxygens (including phenoxy) is 1. The van der Waals surface area contributed by atoms with Crippen molar-refractivity contribution in [3.63, 3.8) is 0 Å². The van der Waals surface area contributed by atoms with Crippen molar-refractivity contribution in [2.75, 3.05) is 36.9 Å². The zero-order valence-corrected chi connectivity index (χ0v) is 8.24. The van der Waals surface area contributed by atoms with Gasteiger partial charge in [-0.25, -0.2) is 0 Å². The van der Waals surface area contributed by atoms with Gasteiger partial charge in [0.2, 0.25) is 17.2 Å². The maximum absolute atomic E-state index is 5.67. The maximum atomic E-state index is 5.67. The van der Waals surface area contributed by atoms with Crippen molar-refractivity contribution >= 4 is 23.5 Å². The van der Waals surface area contributed by atoms with Gasteiger partial charge in [0.05, 0.1) is 13.2 Å². The Morgan fingerprint density at radius 1 is 1.21 bits per heavy atom. The van der Waals surface area contributed by atoms with Crippen LogP contribution in [0.1, 0.15) is 0 Å². The molecule has 7 heteroatoms. The topological polar surface area (TPSA) is 77.2 Å². The molecule has 1 aromatic rings. The molecule has 0 aromatic carbocycles. The van der Waals surface area contributed by atoms with Gasteiger partial charge in [0.1, 0.15) is 0 Å². The van der Waals surface area contributed by atoms with E-state index in [1.54, 1.807) is 0 Å². The molecule has 0 unspecified atom stereocenters. The molecule has 76 valence electrons. The number of nitrogens with zero attached hydrogens (tertiary/aromatic N) is 4. The summed E-state index contributed by atoms with van der Waals surface area (Å²) in [7, 11) is 0. The van der Waals surface area contributed by atoms with Gasteiger partial charge >= 0.3 is 0 Å². The third kappa shape index (κ3) is 2.02. The van der Waals surface area contributed by atoms with E-state index in [4.69, 9.17) is 22.1 Å². The molecular weight excluding hydrogens is 206 g/mol. The summed E-state index contributed by atoms with van der Waals surface area (Å²) in [4.78, 5) is 13.6. The molecule has 0 atom stereocenters. The van der Waals surface area contributed by atoms with Crippen LogP contribution in [0, 0.1) is 0 Å². The summed E-state index contributed by atoms with van der Waals surface area (Å²) in [6.45, 7) is 2.84. The van der Waals surface area contributed by atoms with Crippen LogP contribution in [-0.2, 0) is 4.74 Å². The minimum Gasteiger partial charge on any atom is -0.378 e. The van der Waals surface area contributed by atoms with Crippen LogP contribution in [0.2, 0.25) is 5.28 Å². The first-order chi connectivity index (χ1) is 6.75. The fourth-order valence-corrected chi connectivity index (χ4v) is 1.42. The van der Waals surface area contributed by atoms with Crippen molar-refractivity contribution in [2.24, 2.45) is 0 Å². The zero-order valence-electron chi connectivity index (χ0n) is 7.48. The highest BCUT2D eigenvalue weighted by Gasteiger charge is 2.14. The molecule has 0 amide bonds. The van der Waals surface area contributed by atoms with Crippen LogP contribution < -0.4 is 10.6 Å². The summed E-state index contributed by atoms with van der Waals surface area (Å²) >= 11 is 5.67. The Morgan fingerprint density at radius 3 is 2.57 bits per heavy atom. The Morgan fingerprint density at radius 2 is 1.93 bits per heavy atom. The van der Waals surface area contributed by atoms with Gasteiger partial charge in [-0.15, -0.1) is 0 Å². The maximum Gasteiger partial charge on any atom is 0.231 e. The van der Waals surface area contributed by atoms with E-state index >= 15 is 0 Å². The van der Waals surface area contributed by atoms with Gasteiger partial charge < -0.3 is 15.4 Å². The summed E-state index contributed by atoms with van der Waals surface area (Å²) in [5.41, 5.74) is 5.46. The molecule has 0 saturated carbocycles. The molecule has 2 rings (SSSR count). The van der Waals surface area contributed by atoms with Gasteiger partial charge in [-0.1, -0.05) is 0 Å². The van der Waals surface area contributed by atoms with Crippen molar-refractivity contribution in [1.29, 1.82) is 0 Å². The largest absolute Gasteiger partial charge is 0.378 e. The molecule has 1 saturated heterocycles. The fourth-order valence-electron chi connectivity index (χ4n) is 1.26. The first-order valence-electron chi connectivity index (χ1n) is 4.25. The molecule has 2 N–H and O–H groups in total. The summed E-state index contributed by atoms with van der Waals surface area (Å²) in [5, 5.41) is 0.124. The molecule has 1 aliphatic heterocycles. The lowest BCUT2D eigenvalue weighted by Crippen LogP contribution is -2.37. The van der Waals surface area contributed by atoms with Crippen molar-refractivity contribution < 1.29 is 4.74 Å². The van der Waals surface area contributed by atoms with E-state index in [1.807, 2.05) is 4.90 Å². The molecule has 0 aliphatic carbocycles. The average Bonchev–Trinajstić information content (AvgIpc) is 2.18. The molecule has 2 heterocycles. The van der Waals surface area contributed by atoms with Crippen molar-refractivity contribution in [2.45, 2.75) is 0 Å². The van der Waals surface area contributed by atoms with Crippen LogP contribution in [0.3, 0.4) is 0 Å². The third-order valence-electron chi connectivity index (χ3n) is 1.91. The van der Waals surface area contributed by atoms with Crippen LogP contribution >= 0.6 is 11.6 Å². The lowest BCUT2D eigenvalue weighted by Gasteiger charge is -2.26. The molecule has 0 bridgehead atoms. The number of aromatic nitrogens is 3. The molecule has 0 radical (unpaired) electrons. The summed E-state index contributed by atoms with van der Waals surface area (Å²) in [5.74, 6) is 0.664. The van der Waals surface area contributed by atoms with E-state index in [9.17, 15) is 0 Å². The first kappa shape index (κ1) is 9.42. The Balaban J connectivity index is 2.21. The van der Waals surface area contributed by atoms with Gasteiger partial charge in [-0.2, -0.15) is 15.0 Å². The lowest BCUT2D eigenvalue weighted by atomic mass is 10.4. The van der Waals surface area contributed by atoms with Gasteiger partial charge in [0, 0.05) is 13.1 Å². The number of nitrogen functional groups attached to an aromatic ring is 1. The number of hydrogen-bond donors (Lipinski definition) is 1. The third-order valence-corrected chi connectivity index (χ3v) is 2.08. The molecule has 1 aromatic heterocycles. The Kier molecular flexibility index (Phi) is 2.64. The second kappa shape index (κ2) is 3.93. The van der Waals surface area contributed by atoms with E-state index in [2.05, 4.69) is 15.0 Å². The highest BCUT2D eigenvalue weighted by Crippen LogP contribution is 2.13. The first-order valence-corrected chi connectivity index (χ1v) is 4.63. The van der Waals surface area contributed by atoms with Crippen LogP contribution in [0.15, 0.2) is 0 Å². The van der Waals surface area contributed by atoms with E-state index < -0.39 is 0 Å². The Bertz CT molecular complexity index is 308. The minimum atomic E-state index is 0.124. The number of morpholine rings is 1. The SMILES string of the molecule is Nc1nc(Cl)nc(N2CCOCC2)n1. The highest BCUT2D eigenvalue weighted by molar-refractivity contribution is 6.28. The van der Waals surface area contributed by atoms with E-state index in [0.29, 0.717) is 19.2 Å². The summed E-state index contributed by atoms with van der Waals surface area (Å²) in [6, 6.07) is 0. The Hall–Kier alpha value is -1.14. The van der Waals surface area contributed by atoms with Gasteiger partial charge in [-0.3, -0.25) is 0 Å². The number of nitrogens with two attached hydrogens (primary N) is 1. The lowest BCUT2D eigenvalue weighted by molar-refractivity contribution is 0.122. The smallest absolute Gasteiger partial charge is 0.231 e. The van der Waals surface area contributed by atoms with Crippen molar-refractivity contribution in [3.05, 3.63) is 5.28 Å². The second-order valence-electron chi connectivity index (χ2n) is 2.86. The average molecular weight is 216 g/mol. The number of rotatable bonds is 1. The summed E-state index contributed by atoms with van der Waals surface area (Å²) < 4.78 is 5.20. The van der Waals surface area contributed by atoms with Crippen LogP contribution in [0.4, 0.5) is 11.9 Å². The van der Waals surface area contributed by atoms with E-state index in [0.717, 1.165) is 13.1 Å². The minimum absolute atomic E-state index is 0.124. The van der Waals surface area contributed by atoms with Crippen LogP contribution in [0.25, 0.3) is 0 Å². The summed E-state index contributed by atoms with van der Waals surface area (Å²) in [6.07, 6.45) is 0. The fraction of sp³-hybridized carbons (Fsp3) is 0.571. The predicted molar refractivity (Wildman–Crippen MR) is 52.3 cm³/mol. The van der Waals surface area contributed by atoms with Crippen molar-refractivity contribution in [3.8, 4) is 0 Å². The van der Waals surface area contributed by atoms with E-state index in [1.165, 1.54) is 0 Å². The molecule has 6 nitrogen and oxygen atoms in total. The zero-order chi connectivity index (χ0) is 9.97. The molecule has 1 fully saturated rings. The monoisotopic (exact) mass is 215 g/mol. The van der Waals surface area contributed by atoms with Crippen LogP contribution in [-0.4, -0.2) is 41.3 Å². The quantitative estimate of drug-likeness (QED) is 0.708. The molecular formula is C7H10ClN5O. The second-order valence-corrected chi connectivity index (χ2v) is 3.20. The predicted octanol–water partition coefficient (Wildman–Crippen LogP) is -0.0562. The molecule has 0 spiro atoms. The normalized spacial score (nSPS) is 17.1. The molecule has 14 heavy (non-hydrogen) atoms. The Labute approximate surface area is 86.1 Å². The standard InChI is InChI=1S/C7H10ClN5O/c8-5-10-6(9)12-7(11-5)13-1-3-14-4-2-13/h1-4H2,(H2,9,10,11,12). The van der Waals surface area contributed by atoms with Crippen LogP contribution in [0.5, 0.6) is 0 Å². The van der Waals surface area contributed by atoms with Gasteiger partial charge in [-0.05, 0) is 11.6 Å². The number of hydrogen-bond acceptors (Lipinski definition) is 6.